The van der Waals surface area contributed by atoms with Crippen molar-refractivity contribution in [2.75, 3.05) is 13.2 Å². The monoisotopic (exact) mass is 931 g/mol. The van der Waals surface area contributed by atoms with Gasteiger partial charge in [-0.3, -0.25) is 14.4 Å². The summed E-state index contributed by atoms with van der Waals surface area (Å²) >= 11 is 0. The fourth-order valence-electron chi connectivity index (χ4n) is 7.36. The molecule has 382 valence electrons. The molecule has 67 heavy (non-hydrogen) atoms. The summed E-state index contributed by atoms with van der Waals surface area (Å²) in [4.78, 5) is 38.0. The minimum atomic E-state index is -0.796. The lowest BCUT2D eigenvalue weighted by Crippen LogP contribution is -2.30. The Balaban J connectivity index is 4.40. The quantitative estimate of drug-likeness (QED) is 0.0262. The number of hydrogen-bond acceptors (Lipinski definition) is 6. The Labute approximate surface area is 413 Å². The number of carbonyl (C=O) groups excluding carboxylic acids is 3. The highest BCUT2D eigenvalue weighted by Crippen LogP contribution is 2.14. The maximum atomic E-state index is 12.8. The van der Waals surface area contributed by atoms with Gasteiger partial charge >= 0.3 is 17.9 Å². The van der Waals surface area contributed by atoms with Gasteiger partial charge in [0.15, 0.2) is 6.10 Å². The topological polar surface area (TPSA) is 78.9 Å². The van der Waals surface area contributed by atoms with Crippen LogP contribution >= 0.6 is 0 Å². The zero-order valence-corrected chi connectivity index (χ0v) is 43.6. The van der Waals surface area contributed by atoms with Gasteiger partial charge in [0, 0.05) is 19.3 Å². The molecule has 0 aliphatic rings. The molecule has 0 aromatic rings. The van der Waals surface area contributed by atoms with Crippen molar-refractivity contribution in [2.24, 2.45) is 0 Å². The summed E-state index contributed by atoms with van der Waals surface area (Å²) in [6.07, 6.45) is 72.5. The third-order valence-corrected chi connectivity index (χ3v) is 11.5. The van der Waals surface area contributed by atoms with E-state index in [4.69, 9.17) is 14.2 Å². The van der Waals surface area contributed by atoms with E-state index in [-0.39, 0.29) is 31.1 Å². The molecule has 6 nitrogen and oxygen atoms in total. The van der Waals surface area contributed by atoms with Crippen molar-refractivity contribution < 1.29 is 28.6 Å². The summed E-state index contributed by atoms with van der Waals surface area (Å²) in [5.41, 5.74) is 0. The number of unbranched alkanes of at least 4 members (excludes halogenated alkanes) is 22. The van der Waals surface area contributed by atoms with Crippen LogP contribution in [-0.4, -0.2) is 37.2 Å². The number of allylic oxidation sites excluding steroid dienone is 16. The van der Waals surface area contributed by atoms with Crippen LogP contribution < -0.4 is 0 Å². The molecule has 0 bridgehead atoms. The van der Waals surface area contributed by atoms with Crippen molar-refractivity contribution in [1.29, 1.82) is 0 Å². The van der Waals surface area contributed by atoms with Crippen LogP contribution in [-0.2, 0) is 28.6 Å². The first-order valence-corrected chi connectivity index (χ1v) is 27.7. The Kier molecular flexibility index (Phi) is 51.9. The Bertz CT molecular complexity index is 1350. The number of carbonyl (C=O) groups is 3. The van der Waals surface area contributed by atoms with E-state index in [1.807, 2.05) is 0 Å². The minimum Gasteiger partial charge on any atom is -0.462 e. The lowest BCUT2D eigenvalue weighted by atomic mass is 10.1. The lowest BCUT2D eigenvalue weighted by molar-refractivity contribution is -0.167. The average molecular weight is 931 g/mol. The summed E-state index contributed by atoms with van der Waals surface area (Å²) in [6.45, 7) is 6.44. The fraction of sp³-hybridized carbons (Fsp3) is 0.689. The smallest absolute Gasteiger partial charge is 0.306 e. The van der Waals surface area contributed by atoms with Gasteiger partial charge in [-0.1, -0.05) is 214 Å². The molecule has 0 aliphatic carbocycles. The Morgan fingerprint density at radius 1 is 0.313 bits per heavy atom. The first-order valence-electron chi connectivity index (χ1n) is 27.7. The summed E-state index contributed by atoms with van der Waals surface area (Å²) in [6, 6.07) is 0. The van der Waals surface area contributed by atoms with Crippen LogP contribution in [0.2, 0.25) is 0 Å². The summed E-state index contributed by atoms with van der Waals surface area (Å²) in [5.74, 6) is -0.938. The van der Waals surface area contributed by atoms with Crippen molar-refractivity contribution in [2.45, 2.75) is 258 Å². The van der Waals surface area contributed by atoms with E-state index in [9.17, 15) is 14.4 Å². The van der Waals surface area contributed by atoms with Crippen LogP contribution in [0.15, 0.2) is 97.2 Å². The number of ether oxygens (including phenoxy) is 3. The lowest BCUT2D eigenvalue weighted by Gasteiger charge is -2.18. The highest BCUT2D eigenvalue weighted by atomic mass is 16.6. The second-order valence-electron chi connectivity index (χ2n) is 18.1. The van der Waals surface area contributed by atoms with Gasteiger partial charge in [0.1, 0.15) is 13.2 Å². The van der Waals surface area contributed by atoms with E-state index >= 15 is 0 Å². The second kappa shape index (κ2) is 54.9. The normalized spacial score (nSPS) is 12.8. The molecule has 0 N–H and O–H groups in total. The maximum Gasteiger partial charge on any atom is 0.306 e. The van der Waals surface area contributed by atoms with Gasteiger partial charge in [-0.2, -0.15) is 0 Å². The van der Waals surface area contributed by atoms with E-state index in [2.05, 4.69) is 118 Å². The van der Waals surface area contributed by atoms with Crippen LogP contribution in [0.4, 0.5) is 0 Å². The number of hydrogen-bond donors (Lipinski definition) is 0. The summed E-state index contributed by atoms with van der Waals surface area (Å²) < 4.78 is 16.8. The third-order valence-electron chi connectivity index (χ3n) is 11.5. The summed E-state index contributed by atoms with van der Waals surface area (Å²) in [5, 5.41) is 0. The van der Waals surface area contributed by atoms with E-state index < -0.39 is 6.10 Å². The van der Waals surface area contributed by atoms with Crippen LogP contribution in [0, 0.1) is 0 Å². The molecule has 0 saturated carbocycles. The average Bonchev–Trinajstić information content (AvgIpc) is 3.33. The third kappa shape index (κ3) is 53.2. The standard InChI is InChI=1S/C61H102O6/c1-4-7-10-13-16-19-22-24-26-27-28-29-30-31-32-33-35-36-39-42-45-48-51-54-60(63)66-57-58(56-65-59(62)53-50-47-44-41-38-21-18-15-12-9-6-3)67-61(64)55-52-49-46-43-40-37-34-25-23-20-17-14-11-8-5-2/h7,10,15-16,18-19,24-26,28-29,31-32,34-36,58H,4-6,8-9,11-14,17,20-23,27,30,33,37-57H2,1-3H3/b10-7-,18-15-,19-16-,26-24-,29-28-,32-31-,34-25-,36-35-. The first kappa shape index (κ1) is 63.3. The van der Waals surface area contributed by atoms with Gasteiger partial charge in [0.2, 0.25) is 0 Å². The van der Waals surface area contributed by atoms with Crippen molar-refractivity contribution in [3.63, 3.8) is 0 Å². The molecule has 0 aromatic carbocycles. The second-order valence-corrected chi connectivity index (χ2v) is 18.1. The van der Waals surface area contributed by atoms with E-state index in [1.54, 1.807) is 0 Å². The fourth-order valence-corrected chi connectivity index (χ4v) is 7.36. The van der Waals surface area contributed by atoms with Gasteiger partial charge in [0.05, 0.1) is 0 Å². The predicted octanol–water partition coefficient (Wildman–Crippen LogP) is 18.5. The van der Waals surface area contributed by atoms with Crippen LogP contribution in [0.3, 0.4) is 0 Å². The molecule has 1 unspecified atom stereocenters. The van der Waals surface area contributed by atoms with Gasteiger partial charge in [-0.05, 0) is 116 Å². The maximum absolute atomic E-state index is 12.8. The molecule has 0 aromatic heterocycles. The first-order chi connectivity index (χ1) is 33.0. The SMILES string of the molecule is CC/C=C\C/C=C\C/C=C\C/C=C\C/C=C\C/C=C\CCCCCCC(=O)OCC(COC(=O)CCCCCCC/C=C\CCCC)OC(=O)CCCCCCC/C=C\CCCCCCCC. The van der Waals surface area contributed by atoms with Crippen molar-refractivity contribution in [1.82, 2.24) is 0 Å². The molecule has 1 atom stereocenters. The predicted molar refractivity (Wildman–Crippen MR) is 288 cm³/mol. The van der Waals surface area contributed by atoms with Crippen molar-refractivity contribution >= 4 is 17.9 Å². The van der Waals surface area contributed by atoms with E-state index in [0.29, 0.717) is 19.3 Å². The van der Waals surface area contributed by atoms with Crippen LogP contribution in [0.1, 0.15) is 252 Å². The van der Waals surface area contributed by atoms with Gasteiger partial charge in [0.25, 0.3) is 0 Å². The zero-order valence-electron chi connectivity index (χ0n) is 43.6. The molecular formula is C61H102O6. The molecule has 0 fully saturated rings. The van der Waals surface area contributed by atoms with Gasteiger partial charge in [-0.25, -0.2) is 0 Å². The largest absolute Gasteiger partial charge is 0.462 e. The molecule has 0 spiro atoms. The van der Waals surface area contributed by atoms with E-state index in [1.165, 1.54) is 77.0 Å². The zero-order chi connectivity index (χ0) is 48.6. The molecule has 0 radical (unpaired) electrons. The Hall–Kier alpha value is -3.67. The molecule has 0 rings (SSSR count). The van der Waals surface area contributed by atoms with Crippen LogP contribution in [0.25, 0.3) is 0 Å². The van der Waals surface area contributed by atoms with Crippen molar-refractivity contribution in [3.8, 4) is 0 Å². The molecular weight excluding hydrogens is 829 g/mol. The molecule has 0 aliphatic heterocycles. The molecule has 0 saturated heterocycles. The number of rotatable bonds is 49. The van der Waals surface area contributed by atoms with Crippen molar-refractivity contribution in [3.05, 3.63) is 97.2 Å². The summed E-state index contributed by atoms with van der Waals surface area (Å²) in [7, 11) is 0. The molecule has 6 heteroatoms. The highest BCUT2D eigenvalue weighted by Gasteiger charge is 2.19. The van der Waals surface area contributed by atoms with Gasteiger partial charge in [-0.15, -0.1) is 0 Å². The highest BCUT2D eigenvalue weighted by molar-refractivity contribution is 5.71. The Morgan fingerprint density at radius 2 is 0.597 bits per heavy atom. The van der Waals surface area contributed by atoms with Crippen LogP contribution in [0.5, 0.6) is 0 Å². The van der Waals surface area contributed by atoms with E-state index in [0.717, 1.165) is 135 Å². The molecule has 0 amide bonds. The molecule has 0 heterocycles. The number of esters is 3. The Morgan fingerprint density at radius 3 is 0.970 bits per heavy atom. The van der Waals surface area contributed by atoms with Gasteiger partial charge < -0.3 is 14.2 Å². The minimum absolute atomic E-state index is 0.0941.